The summed E-state index contributed by atoms with van der Waals surface area (Å²) < 4.78 is 2.28. The summed E-state index contributed by atoms with van der Waals surface area (Å²) in [5.41, 5.74) is 0. The molecule has 0 atom stereocenters. The van der Waals surface area contributed by atoms with Crippen LogP contribution in [0.4, 0.5) is 0 Å². The molecule has 0 aliphatic carbocycles. The van der Waals surface area contributed by atoms with Gasteiger partial charge in [0.2, 0.25) is 0 Å². The van der Waals surface area contributed by atoms with E-state index < -0.39 is 0 Å². The van der Waals surface area contributed by atoms with Gasteiger partial charge in [-0.3, -0.25) is 0 Å². The van der Waals surface area contributed by atoms with Crippen molar-refractivity contribution in [1.29, 1.82) is 0 Å². The van der Waals surface area contributed by atoms with Crippen LogP contribution < -0.4 is 0 Å². The molecule has 0 amide bonds. The molecule has 0 N–H and O–H groups in total. The number of rotatable bonds is 0. The number of hydrogen-bond acceptors (Lipinski definition) is 2. The van der Waals surface area contributed by atoms with Crippen LogP contribution >= 0.6 is 0 Å². The van der Waals surface area contributed by atoms with Gasteiger partial charge in [-0.1, -0.05) is 0 Å². The maximum Gasteiger partial charge on any atom is -1.00 e. The van der Waals surface area contributed by atoms with Crippen molar-refractivity contribution in [1.82, 2.24) is 8.78 Å². The summed E-state index contributed by atoms with van der Waals surface area (Å²) in [5, 5.41) is 0. The Bertz CT molecular complexity index is 66.0. The molecule has 0 saturated carbocycles. The van der Waals surface area contributed by atoms with Crippen LogP contribution in [0.25, 0.3) is 0 Å². The Hall–Kier alpha value is 0.452. The Morgan fingerprint density at radius 1 is 1.25 bits per heavy atom. The predicted molar refractivity (Wildman–Crippen MR) is 37.0 cm³/mol. The second-order valence-electron chi connectivity index (χ2n) is 2.34. The maximum atomic E-state index is 2.73. The first kappa shape index (κ1) is 6.57. The van der Waals surface area contributed by atoms with Gasteiger partial charge in [0.05, 0.1) is 0 Å². The third-order valence-electron chi connectivity index (χ3n) is 1.54. The summed E-state index contributed by atoms with van der Waals surface area (Å²) in [6, 6.07) is 0. The van der Waals surface area contributed by atoms with E-state index in [0.29, 0.717) is 0 Å². The second kappa shape index (κ2) is 2.84. The third-order valence-corrected chi connectivity index (χ3v) is 2.05. The van der Waals surface area contributed by atoms with E-state index in [9.17, 15) is 0 Å². The van der Waals surface area contributed by atoms with Gasteiger partial charge in [-0.15, -0.1) is 0 Å². The van der Waals surface area contributed by atoms with Gasteiger partial charge in [0.1, 0.15) is 0 Å². The summed E-state index contributed by atoms with van der Waals surface area (Å²) in [7, 11) is 2.16. The zero-order valence-electron chi connectivity index (χ0n) is 7.30. The topological polar surface area (TPSA) is 6.48 Å². The van der Waals surface area contributed by atoms with Crippen LogP contribution in [0.1, 0.15) is 2.85 Å². The van der Waals surface area contributed by atoms with E-state index in [1.54, 1.807) is 0 Å². The van der Waals surface area contributed by atoms with E-state index in [2.05, 4.69) is 32.3 Å². The van der Waals surface area contributed by atoms with Crippen LogP contribution in [-0.4, -0.2) is 58.5 Å². The van der Waals surface area contributed by atoms with E-state index >= 15 is 0 Å². The molecule has 0 aromatic carbocycles. The van der Waals surface area contributed by atoms with Crippen molar-refractivity contribution < 1.29 is 2.85 Å². The Balaban J connectivity index is 0. The predicted octanol–water partition coefficient (Wildman–Crippen LogP) is -0.458. The van der Waals surface area contributed by atoms with Crippen LogP contribution in [0.3, 0.4) is 0 Å². The van der Waals surface area contributed by atoms with Crippen LogP contribution in [-0.2, 0) is 0 Å². The smallest absolute Gasteiger partial charge is 1.00 e. The molecular formula is C5H13AlN2. The number of nitrogens with zero attached hydrogens (tertiary/aromatic N) is 2. The molecule has 1 heterocycles. The number of likely N-dealkylation sites (N-methyl/N-ethyl adjacent to an activating group) is 1. The average molecular weight is 128 g/mol. The summed E-state index contributed by atoms with van der Waals surface area (Å²) in [6.45, 7) is 4.81. The van der Waals surface area contributed by atoms with Gasteiger partial charge in [0.25, 0.3) is 0 Å². The Morgan fingerprint density at radius 3 is 2.12 bits per heavy atom. The van der Waals surface area contributed by atoms with Gasteiger partial charge in [-0.25, -0.2) is 0 Å². The SMILES string of the molecule is CN1CC[N]([Al+2])CC1.[H-].[H-]. The minimum absolute atomic E-state index is 0. The van der Waals surface area contributed by atoms with Crippen LogP contribution in [0.2, 0.25) is 0 Å². The fourth-order valence-corrected chi connectivity index (χ4v) is 1.05. The molecule has 0 aromatic heterocycles. The molecule has 0 radical (unpaired) electrons. The second-order valence-corrected chi connectivity index (χ2v) is 3.07. The van der Waals surface area contributed by atoms with Crippen LogP contribution in [0.15, 0.2) is 0 Å². The Morgan fingerprint density at radius 2 is 1.75 bits per heavy atom. The van der Waals surface area contributed by atoms with Gasteiger partial charge in [0, 0.05) is 0 Å². The van der Waals surface area contributed by atoms with Gasteiger partial charge < -0.3 is 2.85 Å². The maximum absolute atomic E-state index is 2.73. The summed E-state index contributed by atoms with van der Waals surface area (Å²) in [4.78, 5) is 2.35. The minimum atomic E-state index is 0. The largest absolute Gasteiger partial charge is 1.00 e. The van der Waals surface area contributed by atoms with E-state index in [-0.39, 0.29) is 2.85 Å². The summed E-state index contributed by atoms with van der Waals surface area (Å²) in [6.07, 6.45) is 0. The van der Waals surface area contributed by atoms with Crippen molar-refractivity contribution in [2.75, 3.05) is 33.2 Å². The first-order chi connectivity index (χ1) is 3.79. The van der Waals surface area contributed by atoms with Crippen molar-refractivity contribution in [3.8, 4) is 0 Å². The van der Waals surface area contributed by atoms with Gasteiger partial charge >= 0.3 is 58.5 Å². The number of hydrogen-bond donors (Lipinski definition) is 0. The van der Waals surface area contributed by atoms with E-state index in [0.717, 1.165) is 0 Å². The fraction of sp³-hybridized carbons (Fsp3) is 1.00. The molecule has 46 valence electrons. The fourth-order valence-electron chi connectivity index (χ4n) is 0.822. The normalized spacial score (nSPS) is 26.4. The van der Waals surface area contributed by atoms with Crippen molar-refractivity contribution in [3.63, 3.8) is 0 Å². The van der Waals surface area contributed by atoms with Gasteiger partial charge in [-0.05, 0) is 0 Å². The molecule has 3 heteroatoms. The van der Waals surface area contributed by atoms with Crippen molar-refractivity contribution in [2.45, 2.75) is 0 Å². The van der Waals surface area contributed by atoms with Gasteiger partial charge in [0.15, 0.2) is 0 Å². The monoisotopic (exact) mass is 128 g/mol. The zero-order valence-corrected chi connectivity index (χ0v) is 6.45. The first-order valence-corrected chi connectivity index (χ1v) is 3.49. The van der Waals surface area contributed by atoms with Crippen LogP contribution in [0, 0.1) is 0 Å². The van der Waals surface area contributed by atoms with Crippen molar-refractivity contribution in [2.24, 2.45) is 0 Å². The summed E-state index contributed by atoms with van der Waals surface area (Å²) >= 11 is 2.73. The van der Waals surface area contributed by atoms with E-state index in [4.69, 9.17) is 0 Å². The standard InChI is InChI=1S/C5H11N2.Al.2H/c1-7-4-2-6-3-5-7;;;/h2-5H2,1H3;;;/q-1;+3;2*-1. The Kier molecular flexibility index (Phi) is 2.33. The minimum Gasteiger partial charge on any atom is -1.00 e. The third kappa shape index (κ3) is 1.76. The molecule has 0 bridgehead atoms. The number of piperazine rings is 1. The average Bonchev–Trinajstić information content (AvgIpc) is 1.77. The van der Waals surface area contributed by atoms with Crippen molar-refractivity contribution >= 4 is 16.5 Å². The molecule has 0 spiro atoms. The molecule has 2 nitrogen and oxygen atoms in total. The van der Waals surface area contributed by atoms with Crippen molar-refractivity contribution in [3.05, 3.63) is 0 Å². The molecule has 8 heavy (non-hydrogen) atoms. The quantitative estimate of drug-likeness (QED) is 0.407. The molecule has 1 saturated heterocycles. The summed E-state index contributed by atoms with van der Waals surface area (Å²) in [5.74, 6) is 0. The molecular weight excluding hydrogens is 115 g/mol. The van der Waals surface area contributed by atoms with E-state index in [1.807, 2.05) is 0 Å². The van der Waals surface area contributed by atoms with Gasteiger partial charge in [-0.2, -0.15) is 0 Å². The van der Waals surface area contributed by atoms with Crippen LogP contribution in [0.5, 0.6) is 0 Å². The molecule has 1 fully saturated rings. The molecule has 1 aliphatic rings. The Labute approximate surface area is 62.1 Å². The molecule has 1 rings (SSSR count). The molecule has 1 aliphatic heterocycles. The molecule has 0 aromatic rings. The van der Waals surface area contributed by atoms with E-state index in [1.165, 1.54) is 26.2 Å². The zero-order chi connectivity index (χ0) is 5.98. The first-order valence-electron chi connectivity index (χ1n) is 2.97. The molecule has 0 unspecified atom stereocenters.